The van der Waals surface area contributed by atoms with Gasteiger partial charge in [-0.15, -0.1) is 0 Å². The Bertz CT molecular complexity index is 1010. The molecule has 4 fully saturated rings. The van der Waals surface area contributed by atoms with Crippen LogP contribution in [0.1, 0.15) is 85.0 Å². The van der Waals surface area contributed by atoms with E-state index in [0.717, 1.165) is 50.7 Å². The molecule has 10 nitrogen and oxygen atoms in total. The molecule has 0 aromatic rings. The molecule has 0 aromatic carbocycles. The number of likely N-dealkylation sites (N-methyl/N-ethyl adjacent to an activating group) is 1. The quantitative estimate of drug-likeness (QED) is 0.366. The number of ketones is 2. The number of nitrogens with zero attached hydrogens (tertiary/aromatic N) is 2. The Morgan fingerprint density at radius 3 is 2.54 bits per heavy atom. The van der Waals surface area contributed by atoms with E-state index >= 15 is 0 Å². The molecule has 2 heterocycles. The summed E-state index contributed by atoms with van der Waals surface area (Å²) >= 11 is 1.80. The molecular formula is C30H48N4O6S. The number of hydrogen-bond acceptors (Lipinski definition) is 9. The van der Waals surface area contributed by atoms with Crippen molar-refractivity contribution >= 4 is 41.1 Å². The van der Waals surface area contributed by atoms with Crippen molar-refractivity contribution in [1.29, 1.82) is 0 Å². The molecule has 2 amide bonds. The number of amides is 2. The van der Waals surface area contributed by atoms with Gasteiger partial charge in [-0.2, -0.15) is 17.7 Å². The summed E-state index contributed by atoms with van der Waals surface area (Å²) in [6.07, 6.45) is 7.63. The minimum atomic E-state index is -0.796. The number of nitrogens with two attached hydrogens (primary N) is 1. The number of fused-ring (bicyclic) bond motifs is 1. The van der Waals surface area contributed by atoms with E-state index in [1.54, 1.807) is 23.7 Å². The first-order valence-corrected chi connectivity index (χ1v) is 16.4. The lowest BCUT2D eigenvalue weighted by Gasteiger charge is -2.42. The molecule has 2 aliphatic carbocycles. The summed E-state index contributed by atoms with van der Waals surface area (Å²) in [4.78, 5) is 72.3. The van der Waals surface area contributed by atoms with Crippen LogP contribution in [0.5, 0.6) is 0 Å². The molecule has 0 radical (unpaired) electrons. The lowest BCUT2D eigenvalue weighted by atomic mass is 9.70. The van der Waals surface area contributed by atoms with Crippen molar-refractivity contribution in [2.75, 3.05) is 25.9 Å². The largest absolute Gasteiger partial charge is 0.373 e. The number of carbonyl (C=O) groups is 5. The maximum Gasteiger partial charge on any atom is 0.326 e. The summed E-state index contributed by atoms with van der Waals surface area (Å²) < 4.78 is 0. The number of thioether (sulfide) groups is 1. The van der Waals surface area contributed by atoms with E-state index in [0.29, 0.717) is 18.6 Å². The summed E-state index contributed by atoms with van der Waals surface area (Å²) in [6.45, 7) is 5.86. The van der Waals surface area contributed by atoms with Crippen LogP contribution in [-0.4, -0.2) is 87.9 Å². The number of nitrogens with one attached hydrogen (secondary N) is 1. The van der Waals surface area contributed by atoms with Gasteiger partial charge < -0.3 is 20.0 Å². The van der Waals surface area contributed by atoms with Gasteiger partial charge in [0.2, 0.25) is 11.8 Å². The second-order valence-corrected chi connectivity index (χ2v) is 14.4. The average Bonchev–Trinajstić information content (AvgIpc) is 3.49. The van der Waals surface area contributed by atoms with Crippen LogP contribution in [-0.2, 0) is 28.8 Å². The Kier molecular flexibility index (Phi) is 10.6. The van der Waals surface area contributed by atoms with E-state index in [-0.39, 0.29) is 72.2 Å². The molecule has 2 saturated heterocycles. The molecule has 3 N–H and O–H groups in total. The second-order valence-electron chi connectivity index (χ2n) is 13.1. The summed E-state index contributed by atoms with van der Waals surface area (Å²) in [5.41, 5.74) is -0.796. The van der Waals surface area contributed by atoms with Gasteiger partial charge in [0.1, 0.15) is 5.78 Å². The Labute approximate surface area is 248 Å². The average molecular weight is 593 g/mol. The summed E-state index contributed by atoms with van der Waals surface area (Å²) in [5, 5.41) is 3.73. The molecule has 7 unspecified atom stereocenters. The van der Waals surface area contributed by atoms with Crippen molar-refractivity contribution in [3.05, 3.63) is 0 Å². The standard InChI is InChI=1S/C30H48N4O6S/c1-18(19-7-5-8-20(15-19)27(37)24-9-6-14-41-24)28(38)30(2,3)32-21-10-11-23-22(16-21)29(39)34(13-12-26(36)40-31)17-25(35)33(23)4/h18-24,32H,5-17,31H2,1-4H3. The SMILES string of the molecule is CC(C(=O)C(C)(C)NC1CCC2C(C1)C(=O)N(CCC(=O)ON)CC(=O)N2C)C1CCCC(C(=O)C2CCCS2)C1. The zero-order valence-corrected chi connectivity index (χ0v) is 25.9. The van der Waals surface area contributed by atoms with Crippen molar-refractivity contribution in [1.82, 2.24) is 15.1 Å². The van der Waals surface area contributed by atoms with E-state index in [1.165, 1.54) is 4.90 Å². The van der Waals surface area contributed by atoms with Crippen molar-refractivity contribution in [2.45, 2.75) is 108 Å². The van der Waals surface area contributed by atoms with Gasteiger partial charge in [-0.3, -0.25) is 24.0 Å². The zero-order chi connectivity index (χ0) is 29.9. The topological polar surface area (TPSA) is 139 Å². The smallest absolute Gasteiger partial charge is 0.326 e. The van der Waals surface area contributed by atoms with Gasteiger partial charge in [0.15, 0.2) is 5.78 Å². The highest BCUT2D eigenvalue weighted by atomic mass is 32.2. The first kappa shape index (κ1) is 31.9. The third kappa shape index (κ3) is 7.33. The van der Waals surface area contributed by atoms with Gasteiger partial charge in [-0.05, 0) is 76.9 Å². The number of Topliss-reactive ketones (excluding diaryl/α,β-unsaturated/α-hetero) is 2. The molecule has 11 heteroatoms. The fourth-order valence-electron chi connectivity index (χ4n) is 7.63. The molecule has 41 heavy (non-hydrogen) atoms. The molecule has 0 aromatic heterocycles. The van der Waals surface area contributed by atoms with Crippen LogP contribution >= 0.6 is 11.8 Å². The minimum absolute atomic E-state index is 0.0658. The van der Waals surface area contributed by atoms with E-state index in [1.807, 2.05) is 20.8 Å². The highest BCUT2D eigenvalue weighted by Gasteiger charge is 2.46. The molecule has 0 spiro atoms. The van der Waals surface area contributed by atoms with Crippen molar-refractivity contribution < 1.29 is 28.8 Å². The van der Waals surface area contributed by atoms with Crippen LogP contribution in [0, 0.1) is 23.7 Å². The molecule has 4 rings (SSSR count). The van der Waals surface area contributed by atoms with Crippen molar-refractivity contribution in [2.24, 2.45) is 29.6 Å². The summed E-state index contributed by atoms with van der Waals surface area (Å²) in [7, 11) is 1.74. The fourth-order valence-corrected chi connectivity index (χ4v) is 8.94. The van der Waals surface area contributed by atoms with Crippen LogP contribution in [0.2, 0.25) is 0 Å². The van der Waals surface area contributed by atoms with E-state index in [4.69, 9.17) is 5.90 Å². The highest BCUT2D eigenvalue weighted by Crippen LogP contribution is 2.40. The van der Waals surface area contributed by atoms with E-state index in [2.05, 4.69) is 10.2 Å². The Hall–Kier alpha value is -1.98. The predicted molar refractivity (Wildman–Crippen MR) is 156 cm³/mol. The third-order valence-electron chi connectivity index (χ3n) is 10.0. The molecule has 4 aliphatic rings. The Morgan fingerprint density at radius 1 is 1.10 bits per heavy atom. The first-order chi connectivity index (χ1) is 19.4. The monoisotopic (exact) mass is 592 g/mol. The summed E-state index contributed by atoms with van der Waals surface area (Å²) in [6, 6.07) is -0.282. The zero-order valence-electron chi connectivity index (χ0n) is 25.1. The van der Waals surface area contributed by atoms with Crippen LogP contribution in [0.15, 0.2) is 0 Å². The highest BCUT2D eigenvalue weighted by molar-refractivity contribution is 8.00. The molecule has 230 valence electrons. The lowest BCUT2D eigenvalue weighted by molar-refractivity contribution is -0.146. The fraction of sp³-hybridized carbons (Fsp3) is 0.833. The van der Waals surface area contributed by atoms with Crippen LogP contribution in [0.4, 0.5) is 0 Å². The molecule has 2 saturated carbocycles. The predicted octanol–water partition coefficient (Wildman–Crippen LogP) is 2.48. The first-order valence-electron chi connectivity index (χ1n) is 15.3. The summed E-state index contributed by atoms with van der Waals surface area (Å²) in [5.74, 6) is 5.30. The molecule has 0 bridgehead atoms. The maximum atomic E-state index is 13.9. The Balaban J connectivity index is 1.38. The van der Waals surface area contributed by atoms with Gasteiger partial charge in [0.05, 0.1) is 29.7 Å². The van der Waals surface area contributed by atoms with Gasteiger partial charge in [-0.25, -0.2) is 0 Å². The van der Waals surface area contributed by atoms with Crippen molar-refractivity contribution in [3.8, 4) is 0 Å². The van der Waals surface area contributed by atoms with Crippen LogP contribution in [0.25, 0.3) is 0 Å². The normalized spacial score (nSPS) is 31.8. The molecule has 7 atom stereocenters. The maximum absolute atomic E-state index is 13.9. The second kappa shape index (κ2) is 13.5. The van der Waals surface area contributed by atoms with Crippen molar-refractivity contribution in [3.63, 3.8) is 0 Å². The van der Waals surface area contributed by atoms with Crippen LogP contribution in [0.3, 0.4) is 0 Å². The number of hydrogen-bond donors (Lipinski definition) is 2. The van der Waals surface area contributed by atoms with Gasteiger partial charge >= 0.3 is 5.97 Å². The Morgan fingerprint density at radius 2 is 1.85 bits per heavy atom. The number of carbonyl (C=O) groups excluding carboxylic acids is 5. The van der Waals surface area contributed by atoms with Crippen LogP contribution < -0.4 is 11.2 Å². The third-order valence-corrected chi connectivity index (χ3v) is 11.4. The molecule has 2 aliphatic heterocycles. The van der Waals surface area contributed by atoms with E-state index < -0.39 is 17.4 Å². The molecular weight excluding hydrogens is 544 g/mol. The minimum Gasteiger partial charge on any atom is -0.373 e. The van der Waals surface area contributed by atoms with Gasteiger partial charge in [0, 0.05) is 37.5 Å². The van der Waals surface area contributed by atoms with E-state index in [9.17, 15) is 24.0 Å². The van der Waals surface area contributed by atoms with Gasteiger partial charge in [-0.1, -0.05) is 13.3 Å². The number of rotatable bonds is 10. The lowest BCUT2D eigenvalue weighted by Crippen LogP contribution is -2.58. The van der Waals surface area contributed by atoms with Gasteiger partial charge in [0.25, 0.3) is 0 Å².